The van der Waals surface area contributed by atoms with Crippen LogP contribution >= 0.6 is 11.6 Å². The molecule has 1 unspecified atom stereocenters. The van der Waals surface area contributed by atoms with E-state index in [1.165, 1.54) is 4.90 Å². The Morgan fingerprint density at radius 1 is 1.40 bits per heavy atom. The van der Waals surface area contributed by atoms with E-state index in [2.05, 4.69) is 10.6 Å². The third-order valence-electron chi connectivity index (χ3n) is 2.81. The molecule has 1 heterocycles. The summed E-state index contributed by atoms with van der Waals surface area (Å²) >= 11 is 5.43. The number of morpholine rings is 1. The first-order chi connectivity index (χ1) is 9.60. The SMILES string of the molecule is CCCNC(=O)C1COCCN1C(=O)NC(=O)CCCl. The largest absolute Gasteiger partial charge is 0.377 e. The van der Waals surface area contributed by atoms with E-state index in [0.717, 1.165) is 6.42 Å². The highest BCUT2D eigenvalue weighted by atomic mass is 35.5. The van der Waals surface area contributed by atoms with Crippen LogP contribution < -0.4 is 10.6 Å². The number of hydrogen-bond donors (Lipinski definition) is 2. The lowest BCUT2D eigenvalue weighted by molar-refractivity contribution is -0.131. The van der Waals surface area contributed by atoms with Crippen molar-refractivity contribution in [3.05, 3.63) is 0 Å². The van der Waals surface area contributed by atoms with E-state index in [9.17, 15) is 14.4 Å². The van der Waals surface area contributed by atoms with Gasteiger partial charge in [0, 0.05) is 25.4 Å². The fraction of sp³-hybridized carbons (Fsp3) is 0.750. The molecule has 2 N–H and O–H groups in total. The van der Waals surface area contributed by atoms with E-state index in [1.54, 1.807) is 0 Å². The molecule has 1 fully saturated rings. The van der Waals surface area contributed by atoms with Gasteiger partial charge < -0.3 is 15.0 Å². The summed E-state index contributed by atoms with van der Waals surface area (Å²) in [4.78, 5) is 36.6. The molecule has 8 heteroatoms. The van der Waals surface area contributed by atoms with E-state index < -0.39 is 18.0 Å². The lowest BCUT2D eigenvalue weighted by atomic mass is 10.2. The van der Waals surface area contributed by atoms with Crippen LogP contribution in [0.25, 0.3) is 0 Å². The van der Waals surface area contributed by atoms with E-state index in [-0.39, 0.29) is 31.4 Å². The van der Waals surface area contributed by atoms with Crippen LogP contribution in [-0.4, -0.2) is 61.0 Å². The minimum atomic E-state index is -0.709. The Kier molecular flexibility index (Phi) is 7.32. The second-order valence-corrected chi connectivity index (χ2v) is 4.75. The Balaban J connectivity index is 2.61. The molecule has 0 aromatic heterocycles. The van der Waals surface area contributed by atoms with Gasteiger partial charge in [-0.05, 0) is 6.42 Å². The highest BCUT2D eigenvalue weighted by Crippen LogP contribution is 2.07. The molecule has 1 atom stereocenters. The van der Waals surface area contributed by atoms with Gasteiger partial charge in [0.05, 0.1) is 13.2 Å². The number of alkyl halides is 1. The number of carbonyl (C=O) groups is 3. The fourth-order valence-electron chi connectivity index (χ4n) is 1.77. The van der Waals surface area contributed by atoms with Crippen molar-refractivity contribution in [3.8, 4) is 0 Å². The number of hydrogen-bond acceptors (Lipinski definition) is 4. The van der Waals surface area contributed by atoms with Gasteiger partial charge in [0.25, 0.3) is 0 Å². The molecule has 0 aliphatic carbocycles. The summed E-state index contributed by atoms with van der Waals surface area (Å²) in [5, 5.41) is 4.94. The van der Waals surface area contributed by atoms with Crippen molar-refractivity contribution >= 4 is 29.4 Å². The zero-order valence-corrected chi connectivity index (χ0v) is 12.2. The monoisotopic (exact) mass is 305 g/mol. The predicted octanol–water partition coefficient (Wildman–Crippen LogP) is 0.0785. The summed E-state index contributed by atoms with van der Waals surface area (Å²) in [7, 11) is 0. The molecular formula is C12H20ClN3O4. The standard InChI is InChI=1S/C12H20ClN3O4/c1-2-5-14-11(18)9-8-20-7-6-16(9)12(19)15-10(17)3-4-13/h9H,2-8H2,1H3,(H,14,18)(H,15,17,19). The number of urea groups is 1. The van der Waals surface area contributed by atoms with Crippen LogP contribution in [0.5, 0.6) is 0 Å². The van der Waals surface area contributed by atoms with Gasteiger partial charge in [0.1, 0.15) is 6.04 Å². The van der Waals surface area contributed by atoms with E-state index >= 15 is 0 Å². The molecule has 114 valence electrons. The summed E-state index contributed by atoms with van der Waals surface area (Å²) in [6.07, 6.45) is 0.865. The lowest BCUT2D eigenvalue weighted by Crippen LogP contribution is -2.59. The van der Waals surface area contributed by atoms with Gasteiger partial charge in [-0.25, -0.2) is 4.79 Å². The van der Waals surface area contributed by atoms with Gasteiger partial charge in [-0.3, -0.25) is 14.9 Å². The molecule has 1 saturated heterocycles. The quantitative estimate of drug-likeness (QED) is 0.704. The van der Waals surface area contributed by atoms with E-state index in [0.29, 0.717) is 13.2 Å². The molecule has 0 bridgehead atoms. The van der Waals surface area contributed by atoms with Crippen molar-refractivity contribution in [1.82, 2.24) is 15.5 Å². The zero-order chi connectivity index (χ0) is 15.0. The summed E-state index contributed by atoms with van der Waals surface area (Å²) in [6, 6.07) is -1.29. The smallest absolute Gasteiger partial charge is 0.324 e. The molecule has 7 nitrogen and oxygen atoms in total. The summed E-state index contributed by atoms with van der Waals surface area (Å²) in [5.74, 6) is -0.585. The van der Waals surface area contributed by atoms with Crippen molar-refractivity contribution in [2.75, 3.05) is 32.2 Å². The molecule has 0 saturated carbocycles. The van der Waals surface area contributed by atoms with Gasteiger partial charge >= 0.3 is 6.03 Å². The number of halogens is 1. The number of ether oxygens (including phenoxy) is 1. The van der Waals surface area contributed by atoms with E-state index in [1.807, 2.05) is 6.92 Å². The topological polar surface area (TPSA) is 87.7 Å². The number of nitrogens with zero attached hydrogens (tertiary/aromatic N) is 1. The highest BCUT2D eigenvalue weighted by Gasteiger charge is 2.33. The minimum Gasteiger partial charge on any atom is -0.377 e. The lowest BCUT2D eigenvalue weighted by Gasteiger charge is -2.34. The number of imide groups is 1. The van der Waals surface area contributed by atoms with Crippen molar-refractivity contribution in [3.63, 3.8) is 0 Å². The average molecular weight is 306 g/mol. The Bertz CT molecular complexity index is 365. The van der Waals surface area contributed by atoms with Crippen LogP contribution in [0.4, 0.5) is 4.79 Å². The Morgan fingerprint density at radius 3 is 2.80 bits per heavy atom. The second-order valence-electron chi connectivity index (χ2n) is 4.37. The average Bonchev–Trinajstić information content (AvgIpc) is 2.44. The van der Waals surface area contributed by atoms with Crippen molar-refractivity contribution in [2.45, 2.75) is 25.8 Å². The van der Waals surface area contributed by atoms with Gasteiger partial charge in [-0.2, -0.15) is 0 Å². The van der Waals surface area contributed by atoms with Crippen LogP contribution in [0.15, 0.2) is 0 Å². The van der Waals surface area contributed by atoms with Gasteiger partial charge in [-0.1, -0.05) is 6.92 Å². The minimum absolute atomic E-state index is 0.0599. The number of carbonyl (C=O) groups excluding carboxylic acids is 3. The third kappa shape index (κ3) is 4.97. The molecular weight excluding hydrogens is 286 g/mol. The Hall–Kier alpha value is -1.34. The van der Waals surface area contributed by atoms with Gasteiger partial charge in [-0.15, -0.1) is 11.6 Å². The van der Waals surface area contributed by atoms with Crippen molar-refractivity contribution < 1.29 is 19.1 Å². The molecule has 20 heavy (non-hydrogen) atoms. The third-order valence-corrected chi connectivity index (χ3v) is 3.00. The number of amides is 4. The first-order valence-corrected chi connectivity index (χ1v) is 7.15. The normalized spacial score (nSPS) is 18.5. The maximum absolute atomic E-state index is 12.0. The maximum atomic E-state index is 12.0. The highest BCUT2D eigenvalue weighted by molar-refractivity contribution is 6.19. The molecule has 1 aliphatic heterocycles. The van der Waals surface area contributed by atoms with Crippen LogP contribution in [0, 0.1) is 0 Å². The molecule has 1 aliphatic rings. The number of rotatable bonds is 5. The first kappa shape index (κ1) is 16.7. The molecule has 0 aromatic rings. The Morgan fingerprint density at radius 2 is 2.15 bits per heavy atom. The van der Waals surface area contributed by atoms with Crippen LogP contribution in [0.1, 0.15) is 19.8 Å². The van der Waals surface area contributed by atoms with Gasteiger partial charge in [0.15, 0.2) is 0 Å². The van der Waals surface area contributed by atoms with Crippen molar-refractivity contribution in [1.29, 1.82) is 0 Å². The summed E-state index contributed by atoms with van der Waals surface area (Å²) < 4.78 is 5.23. The predicted molar refractivity (Wildman–Crippen MR) is 73.5 cm³/mol. The molecule has 0 aromatic carbocycles. The van der Waals surface area contributed by atoms with E-state index in [4.69, 9.17) is 16.3 Å². The number of nitrogens with one attached hydrogen (secondary N) is 2. The van der Waals surface area contributed by atoms with Gasteiger partial charge in [0.2, 0.25) is 11.8 Å². The van der Waals surface area contributed by atoms with Crippen LogP contribution in [0.3, 0.4) is 0 Å². The summed E-state index contributed by atoms with van der Waals surface area (Å²) in [6.45, 7) is 3.22. The molecule has 1 rings (SSSR count). The fourth-order valence-corrected chi connectivity index (χ4v) is 1.94. The van der Waals surface area contributed by atoms with Crippen LogP contribution in [0.2, 0.25) is 0 Å². The van der Waals surface area contributed by atoms with Crippen molar-refractivity contribution in [2.24, 2.45) is 0 Å². The maximum Gasteiger partial charge on any atom is 0.324 e. The first-order valence-electron chi connectivity index (χ1n) is 6.62. The Labute approximate surface area is 123 Å². The molecule has 0 radical (unpaired) electrons. The molecule has 0 spiro atoms. The zero-order valence-electron chi connectivity index (χ0n) is 11.5. The van der Waals surface area contributed by atoms with Crippen LogP contribution in [-0.2, 0) is 14.3 Å². The second kappa shape index (κ2) is 8.76. The molecule has 4 amide bonds. The summed E-state index contributed by atoms with van der Waals surface area (Å²) in [5.41, 5.74) is 0.